The minimum absolute atomic E-state index is 0.0425. The number of hydrogen-bond acceptors (Lipinski definition) is 4. The van der Waals surface area contributed by atoms with Gasteiger partial charge in [0.15, 0.2) is 0 Å². The Balaban J connectivity index is 2.38. The molecule has 1 aromatic rings. The second kappa shape index (κ2) is 5.64. The molecule has 0 saturated heterocycles. The molecule has 7 heteroatoms. The Morgan fingerprint density at radius 3 is 2.88 bits per heavy atom. The van der Waals surface area contributed by atoms with Crippen LogP contribution in [0, 0.1) is 5.95 Å². The number of amides is 2. The number of aromatic nitrogens is 1. The van der Waals surface area contributed by atoms with E-state index in [4.69, 9.17) is 5.73 Å². The Kier molecular flexibility index (Phi) is 4.19. The van der Waals surface area contributed by atoms with Crippen LogP contribution in [0.5, 0.6) is 0 Å². The van der Waals surface area contributed by atoms with Gasteiger partial charge < -0.3 is 15.8 Å². The first-order valence-electron chi connectivity index (χ1n) is 4.42. The van der Waals surface area contributed by atoms with Crippen molar-refractivity contribution in [1.82, 2.24) is 10.3 Å². The minimum Gasteiger partial charge on any atom is -0.448 e. The normalized spacial score (nSPS) is 9.56. The predicted molar refractivity (Wildman–Crippen MR) is 52.1 cm³/mol. The molecule has 0 aliphatic heterocycles. The highest BCUT2D eigenvalue weighted by Gasteiger charge is 2.07. The quantitative estimate of drug-likeness (QED) is 0.561. The number of ether oxygens (including phenoxy) is 1. The zero-order chi connectivity index (χ0) is 12.0. The molecule has 16 heavy (non-hydrogen) atoms. The fraction of sp³-hybridized carbons (Fsp3) is 0.222. The van der Waals surface area contributed by atoms with Crippen LogP contribution in [0.1, 0.15) is 10.5 Å². The van der Waals surface area contributed by atoms with Gasteiger partial charge in [0, 0.05) is 0 Å². The van der Waals surface area contributed by atoms with Crippen LogP contribution in [-0.4, -0.2) is 30.1 Å². The number of nitrogens with one attached hydrogen (secondary N) is 1. The minimum atomic E-state index is -0.918. The number of pyridine rings is 1. The van der Waals surface area contributed by atoms with Crippen molar-refractivity contribution >= 4 is 12.0 Å². The number of carbonyl (C=O) groups is 2. The molecule has 3 N–H and O–H groups in total. The van der Waals surface area contributed by atoms with Gasteiger partial charge in [0.2, 0.25) is 5.95 Å². The standard InChI is InChI=1S/C9H10FN3O3/c10-7-3-1-2-6(13-7)8(14)12-4-5-16-9(11)15/h1-3H,4-5H2,(H2,11,15)(H,12,14). The van der Waals surface area contributed by atoms with Gasteiger partial charge >= 0.3 is 6.09 Å². The molecule has 0 aliphatic carbocycles. The van der Waals surface area contributed by atoms with E-state index >= 15 is 0 Å². The Hall–Kier alpha value is -2.18. The molecule has 86 valence electrons. The molecule has 0 unspecified atom stereocenters. The molecule has 0 atom stereocenters. The molecule has 6 nitrogen and oxygen atoms in total. The summed E-state index contributed by atoms with van der Waals surface area (Å²) in [4.78, 5) is 24.9. The van der Waals surface area contributed by atoms with Crippen LogP contribution >= 0.6 is 0 Å². The lowest BCUT2D eigenvalue weighted by Gasteiger charge is -2.04. The van der Waals surface area contributed by atoms with Crippen molar-refractivity contribution in [2.75, 3.05) is 13.2 Å². The van der Waals surface area contributed by atoms with E-state index in [1.54, 1.807) is 0 Å². The molecule has 2 amide bonds. The summed E-state index contributed by atoms with van der Waals surface area (Å²) in [5.41, 5.74) is 4.66. The molecule has 0 aromatic carbocycles. The molecule has 1 heterocycles. The van der Waals surface area contributed by atoms with Crippen LogP contribution in [0.25, 0.3) is 0 Å². The van der Waals surface area contributed by atoms with Crippen molar-refractivity contribution in [3.05, 3.63) is 29.8 Å². The third kappa shape index (κ3) is 3.91. The fourth-order valence-corrected chi connectivity index (χ4v) is 0.941. The average Bonchev–Trinajstić information content (AvgIpc) is 2.24. The third-order valence-corrected chi connectivity index (χ3v) is 1.58. The molecular weight excluding hydrogens is 217 g/mol. The number of hydrogen-bond donors (Lipinski definition) is 2. The molecule has 1 aromatic heterocycles. The first-order valence-corrected chi connectivity index (χ1v) is 4.42. The smallest absolute Gasteiger partial charge is 0.404 e. The van der Waals surface area contributed by atoms with Gasteiger partial charge in [-0.05, 0) is 12.1 Å². The Morgan fingerprint density at radius 1 is 1.50 bits per heavy atom. The monoisotopic (exact) mass is 227 g/mol. The molecule has 0 fully saturated rings. The maximum atomic E-state index is 12.6. The lowest BCUT2D eigenvalue weighted by Crippen LogP contribution is -2.29. The van der Waals surface area contributed by atoms with Crippen LogP contribution in [0.3, 0.4) is 0 Å². The molecule has 0 spiro atoms. The molecular formula is C9H10FN3O3. The van der Waals surface area contributed by atoms with Crippen LogP contribution in [0.15, 0.2) is 18.2 Å². The van der Waals surface area contributed by atoms with Crippen molar-refractivity contribution in [2.24, 2.45) is 5.73 Å². The van der Waals surface area contributed by atoms with Crippen LogP contribution < -0.4 is 11.1 Å². The number of primary amides is 1. The Labute approximate surface area is 90.6 Å². The summed E-state index contributed by atoms with van der Waals surface area (Å²) in [6, 6.07) is 3.87. The Bertz CT molecular complexity index is 397. The van der Waals surface area contributed by atoms with Gasteiger partial charge in [0.1, 0.15) is 12.3 Å². The highest BCUT2D eigenvalue weighted by molar-refractivity contribution is 5.92. The van der Waals surface area contributed by atoms with Crippen LogP contribution in [0.4, 0.5) is 9.18 Å². The summed E-state index contributed by atoms with van der Waals surface area (Å²) in [6.45, 7) is 0.0381. The lowest BCUT2D eigenvalue weighted by atomic mass is 10.3. The Morgan fingerprint density at radius 2 is 2.25 bits per heavy atom. The molecule has 1 rings (SSSR count). The average molecular weight is 227 g/mol. The van der Waals surface area contributed by atoms with E-state index in [1.807, 2.05) is 0 Å². The van der Waals surface area contributed by atoms with E-state index in [-0.39, 0.29) is 18.8 Å². The largest absolute Gasteiger partial charge is 0.448 e. The predicted octanol–water partition coefficient (Wildman–Crippen LogP) is 0.0458. The van der Waals surface area contributed by atoms with Crippen LogP contribution in [0.2, 0.25) is 0 Å². The number of carbonyl (C=O) groups excluding carboxylic acids is 2. The molecule has 0 aliphatic rings. The van der Waals surface area contributed by atoms with E-state index < -0.39 is 17.9 Å². The second-order valence-corrected chi connectivity index (χ2v) is 2.77. The summed E-state index contributed by atoms with van der Waals surface area (Å²) in [5.74, 6) is -1.28. The second-order valence-electron chi connectivity index (χ2n) is 2.77. The maximum absolute atomic E-state index is 12.6. The van der Waals surface area contributed by atoms with Gasteiger partial charge in [0.05, 0.1) is 6.54 Å². The summed E-state index contributed by atoms with van der Waals surface area (Å²) < 4.78 is 17.0. The van der Waals surface area contributed by atoms with E-state index in [9.17, 15) is 14.0 Å². The van der Waals surface area contributed by atoms with E-state index in [1.165, 1.54) is 12.1 Å². The van der Waals surface area contributed by atoms with Crippen molar-refractivity contribution in [2.45, 2.75) is 0 Å². The van der Waals surface area contributed by atoms with Crippen LogP contribution in [-0.2, 0) is 4.74 Å². The van der Waals surface area contributed by atoms with Crippen molar-refractivity contribution < 1.29 is 18.7 Å². The summed E-state index contributed by atoms with van der Waals surface area (Å²) in [5, 5.41) is 2.38. The number of halogens is 1. The molecule has 0 radical (unpaired) electrons. The van der Waals surface area contributed by atoms with Gasteiger partial charge in [-0.1, -0.05) is 6.07 Å². The zero-order valence-electron chi connectivity index (χ0n) is 8.27. The maximum Gasteiger partial charge on any atom is 0.404 e. The van der Waals surface area contributed by atoms with E-state index in [2.05, 4.69) is 15.0 Å². The van der Waals surface area contributed by atoms with Gasteiger partial charge in [0.25, 0.3) is 5.91 Å². The van der Waals surface area contributed by atoms with Gasteiger partial charge in [-0.2, -0.15) is 4.39 Å². The van der Waals surface area contributed by atoms with Crippen molar-refractivity contribution in [1.29, 1.82) is 0 Å². The fourth-order valence-electron chi connectivity index (χ4n) is 0.941. The topological polar surface area (TPSA) is 94.3 Å². The van der Waals surface area contributed by atoms with E-state index in [0.29, 0.717) is 0 Å². The SMILES string of the molecule is NC(=O)OCCNC(=O)c1cccc(F)n1. The van der Waals surface area contributed by atoms with Crippen molar-refractivity contribution in [3.8, 4) is 0 Å². The third-order valence-electron chi connectivity index (χ3n) is 1.58. The first kappa shape index (κ1) is 11.9. The van der Waals surface area contributed by atoms with Gasteiger partial charge in [-0.25, -0.2) is 9.78 Å². The van der Waals surface area contributed by atoms with E-state index in [0.717, 1.165) is 6.07 Å². The van der Waals surface area contributed by atoms with Gasteiger partial charge in [-0.15, -0.1) is 0 Å². The highest BCUT2D eigenvalue weighted by Crippen LogP contribution is 1.97. The summed E-state index contributed by atoms with van der Waals surface area (Å²) in [7, 11) is 0. The summed E-state index contributed by atoms with van der Waals surface area (Å²) >= 11 is 0. The highest BCUT2D eigenvalue weighted by atomic mass is 19.1. The van der Waals surface area contributed by atoms with Gasteiger partial charge in [-0.3, -0.25) is 4.79 Å². The first-order chi connectivity index (χ1) is 7.59. The lowest BCUT2D eigenvalue weighted by molar-refractivity contribution is 0.0931. The number of rotatable bonds is 4. The number of nitrogens with two attached hydrogens (primary N) is 1. The summed E-state index contributed by atoms with van der Waals surface area (Å²) in [6.07, 6.45) is -0.918. The zero-order valence-corrected chi connectivity index (χ0v) is 8.27. The van der Waals surface area contributed by atoms with Crippen molar-refractivity contribution in [3.63, 3.8) is 0 Å². The molecule has 0 bridgehead atoms. The number of nitrogens with zero attached hydrogens (tertiary/aromatic N) is 1. The molecule has 0 saturated carbocycles.